The quantitative estimate of drug-likeness (QED) is 0.701. The normalized spacial score (nSPS) is 24.8. The molecular formula is C15H22N2O4. The number of amides is 1. The van der Waals surface area contributed by atoms with Crippen LogP contribution in [0.2, 0.25) is 0 Å². The zero-order valence-electron chi connectivity index (χ0n) is 12.1. The highest BCUT2D eigenvalue weighted by Crippen LogP contribution is 2.22. The minimum Gasteiger partial charge on any atom is -0.492 e. The van der Waals surface area contributed by atoms with Gasteiger partial charge in [0.05, 0.1) is 12.1 Å². The van der Waals surface area contributed by atoms with Gasteiger partial charge in [-0.15, -0.1) is 0 Å². The molecule has 1 aromatic carbocycles. The van der Waals surface area contributed by atoms with Gasteiger partial charge in [0.15, 0.2) is 0 Å². The van der Waals surface area contributed by atoms with E-state index in [0.717, 1.165) is 6.42 Å². The third-order valence-electron chi connectivity index (χ3n) is 3.68. The fraction of sp³-hybridized carbons (Fsp3) is 0.533. The molecule has 4 N–H and O–H groups in total. The second-order valence-electron chi connectivity index (χ2n) is 5.08. The van der Waals surface area contributed by atoms with E-state index >= 15 is 0 Å². The van der Waals surface area contributed by atoms with Crippen LogP contribution in [-0.2, 0) is 4.74 Å². The first-order valence-corrected chi connectivity index (χ1v) is 7.10. The summed E-state index contributed by atoms with van der Waals surface area (Å²) in [5, 5.41) is 12.9. The third kappa shape index (κ3) is 3.93. The van der Waals surface area contributed by atoms with Gasteiger partial charge in [-0.05, 0) is 37.1 Å². The molecule has 6 heteroatoms. The topological polar surface area (TPSA) is 93.8 Å². The highest BCUT2D eigenvalue weighted by atomic mass is 16.5. The summed E-state index contributed by atoms with van der Waals surface area (Å²) in [6.07, 6.45) is 0.589. The van der Waals surface area contributed by atoms with Gasteiger partial charge in [0, 0.05) is 19.2 Å². The van der Waals surface area contributed by atoms with E-state index in [1.165, 1.54) is 0 Å². The van der Waals surface area contributed by atoms with Crippen molar-refractivity contribution in [3.8, 4) is 5.75 Å². The Hall–Kier alpha value is -1.63. The van der Waals surface area contributed by atoms with Crippen LogP contribution < -0.4 is 15.8 Å². The van der Waals surface area contributed by atoms with Crippen molar-refractivity contribution in [1.82, 2.24) is 5.32 Å². The molecular weight excluding hydrogens is 272 g/mol. The number of hydrogen-bond donors (Lipinski definition) is 3. The molecule has 0 aromatic heterocycles. The van der Waals surface area contributed by atoms with E-state index in [0.29, 0.717) is 30.9 Å². The van der Waals surface area contributed by atoms with Crippen molar-refractivity contribution in [3.05, 3.63) is 29.8 Å². The van der Waals surface area contributed by atoms with E-state index in [2.05, 4.69) is 5.32 Å². The van der Waals surface area contributed by atoms with Gasteiger partial charge in [-0.25, -0.2) is 0 Å². The second-order valence-corrected chi connectivity index (χ2v) is 5.08. The number of methoxy groups -OCH3 is 1. The van der Waals surface area contributed by atoms with E-state index < -0.39 is 6.10 Å². The monoisotopic (exact) mass is 294 g/mol. The van der Waals surface area contributed by atoms with Crippen molar-refractivity contribution in [3.63, 3.8) is 0 Å². The van der Waals surface area contributed by atoms with Gasteiger partial charge in [0.2, 0.25) is 0 Å². The van der Waals surface area contributed by atoms with Crippen LogP contribution in [0.4, 0.5) is 0 Å². The van der Waals surface area contributed by atoms with Crippen LogP contribution in [0.15, 0.2) is 24.3 Å². The molecule has 1 aliphatic rings. The first-order valence-electron chi connectivity index (χ1n) is 7.10. The number of carbonyl (C=O) groups is 1. The lowest BCUT2D eigenvalue weighted by Gasteiger charge is -2.19. The Kier molecular flexibility index (Phi) is 5.55. The van der Waals surface area contributed by atoms with Gasteiger partial charge in [-0.2, -0.15) is 0 Å². The zero-order valence-corrected chi connectivity index (χ0v) is 12.1. The molecule has 0 spiro atoms. The summed E-state index contributed by atoms with van der Waals surface area (Å²) >= 11 is 0. The largest absolute Gasteiger partial charge is 0.492 e. The SMILES string of the molecule is CO[C@@H]1CC[C@@H](NC(=O)c2ccc(OCCN)cc2)[C@H]1O. The first-order chi connectivity index (χ1) is 10.2. The molecule has 1 amide bonds. The maximum absolute atomic E-state index is 12.1. The lowest BCUT2D eigenvalue weighted by Crippen LogP contribution is -2.43. The highest BCUT2D eigenvalue weighted by Gasteiger charge is 2.35. The van der Waals surface area contributed by atoms with Gasteiger partial charge < -0.3 is 25.6 Å². The molecule has 1 saturated carbocycles. The Morgan fingerprint density at radius 1 is 1.38 bits per heavy atom. The van der Waals surface area contributed by atoms with E-state index in [-0.39, 0.29) is 18.1 Å². The van der Waals surface area contributed by atoms with Crippen molar-refractivity contribution in [1.29, 1.82) is 0 Å². The third-order valence-corrected chi connectivity index (χ3v) is 3.68. The Labute approximate surface area is 124 Å². The minimum atomic E-state index is -0.661. The van der Waals surface area contributed by atoms with Crippen molar-refractivity contribution >= 4 is 5.91 Å². The fourth-order valence-corrected chi connectivity index (χ4v) is 2.49. The average Bonchev–Trinajstić information content (AvgIpc) is 2.86. The summed E-state index contributed by atoms with van der Waals surface area (Å²) in [5.74, 6) is 0.471. The molecule has 3 atom stereocenters. The highest BCUT2D eigenvalue weighted by molar-refractivity contribution is 5.94. The molecule has 0 heterocycles. The van der Waals surface area contributed by atoms with Gasteiger partial charge in [0.1, 0.15) is 18.5 Å². The number of hydrogen-bond acceptors (Lipinski definition) is 5. The van der Waals surface area contributed by atoms with Gasteiger partial charge >= 0.3 is 0 Å². The minimum absolute atomic E-state index is 0.206. The molecule has 2 rings (SSSR count). The number of nitrogens with two attached hydrogens (primary N) is 1. The predicted molar refractivity (Wildman–Crippen MR) is 78.3 cm³/mol. The Morgan fingerprint density at radius 3 is 2.67 bits per heavy atom. The molecule has 116 valence electrons. The molecule has 0 aliphatic heterocycles. The molecule has 0 bridgehead atoms. The van der Waals surface area contributed by atoms with Gasteiger partial charge in [0.25, 0.3) is 5.91 Å². The molecule has 1 aromatic rings. The molecule has 0 saturated heterocycles. The van der Waals surface area contributed by atoms with Crippen LogP contribution in [0.5, 0.6) is 5.75 Å². The number of nitrogens with one attached hydrogen (secondary N) is 1. The fourth-order valence-electron chi connectivity index (χ4n) is 2.49. The van der Waals surface area contributed by atoms with Crippen LogP contribution in [0, 0.1) is 0 Å². The zero-order chi connectivity index (χ0) is 15.2. The van der Waals surface area contributed by atoms with E-state index in [1.807, 2.05) is 0 Å². The molecule has 0 radical (unpaired) electrons. The summed E-state index contributed by atoms with van der Waals surface area (Å²) < 4.78 is 10.5. The van der Waals surface area contributed by atoms with Crippen molar-refractivity contribution < 1.29 is 19.4 Å². The van der Waals surface area contributed by atoms with Gasteiger partial charge in [-0.3, -0.25) is 4.79 Å². The van der Waals surface area contributed by atoms with Crippen LogP contribution in [0.3, 0.4) is 0 Å². The molecule has 21 heavy (non-hydrogen) atoms. The lowest BCUT2D eigenvalue weighted by atomic mass is 10.1. The summed E-state index contributed by atoms with van der Waals surface area (Å²) in [7, 11) is 1.57. The standard InChI is InChI=1S/C15H22N2O4/c1-20-13-7-6-12(14(13)18)17-15(19)10-2-4-11(5-3-10)21-9-8-16/h2-5,12-14,18H,6-9,16H2,1H3,(H,17,19)/t12-,13-,14-/m1/s1. The summed E-state index contributed by atoms with van der Waals surface area (Å²) in [4.78, 5) is 12.1. The molecule has 0 unspecified atom stereocenters. The smallest absolute Gasteiger partial charge is 0.251 e. The Morgan fingerprint density at radius 2 is 2.10 bits per heavy atom. The number of benzene rings is 1. The van der Waals surface area contributed by atoms with E-state index in [1.54, 1.807) is 31.4 Å². The second kappa shape index (κ2) is 7.40. The van der Waals surface area contributed by atoms with Crippen molar-refractivity contribution in [2.75, 3.05) is 20.3 Å². The number of ether oxygens (including phenoxy) is 2. The Bertz CT molecular complexity index is 463. The maximum atomic E-state index is 12.1. The van der Waals surface area contributed by atoms with Crippen molar-refractivity contribution in [2.24, 2.45) is 5.73 Å². The summed E-state index contributed by atoms with van der Waals surface area (Å²) in [6, 6.07) is 6.57. The van der Waals surface area contributed by atoms with Crippen LogP contribution in [0.1, 0.15) is 23.2 Å². The summed E-state index contributed by atoms with van der Waals surface area (Å²) in [5.41, 5.74) is 5.89. The van der Waals surface area contributed by atoms with E-state index in [4.69, 9.17) is 15.2 Å². The molecule has 1 fully saturated rings. The number of carbonyl (C=O) groups excluding carboxylic acids is 1. The number of rotatable bonds is 6. The number of aliphatic hydroxyl groups excluding tert-OH is 1. The van der Waals surface area contributed by atoms with E-state index in [9.17, 15) is 9.90 Å². The van der Waals surface area contributed by atoms with Crippen LogP contribution in [0.25, 0.3) is 0 Å². The van der Waals surface area contributed by atoms with Crippen LogP contribution in [-0.4, -0.2) is 49.5 Å². The average molecular weight is 294 g/mol. The predicted octanol–water partition coefficient (Wildman–Crippen LogP) is 0.292. The van der Waals surface area contributed by atoms with Gasteiger partial charge in [-0.1, -0.05) is 0 Å². The Balaban J connectivity index is 1.91. The summed E-state index contributed by atoms with van der Waals surface area (Å²) in [6.45, 7) is 0.890. The van der Waals surface area contributed by atoms with Crippen molar-refractivity contribution in [2.45, 2.75) is 31.1 Å². The molecule has 6 nitrogen and oxygen atoms in total. The first kappa shape index (κ1) is 15.8. The maximum Gasteiger partial charge on any atom is 0.251 e. The van der Waals surface area contributed by atoms with Crippen LogP contribution >= 0.6 is 0 Å². The lowest BCUT2D eigenvalue weighted by molar-refractivity contribution is 0.000208. The molecule has 1 aliphatic carbocycles. The number of aliphatic hydroxyl groups is 1.